The Morgan fingerprint density at radius 3 is 2.28 bits per heavy atom. The molecule has 1 saturated heterocycles. The van der Waals surface area contributed by atoms with Crippen molar-refractivity contribution in [1.29, 1.82) is 0 Å². The molecule has 0 radical (unpaired) electrons. The van der Waals surface area contributed by atoms with Gasteiger partial charge in [-0.3, -0.25) is 0 Å². The van der Waals surface area contributed by atoms with E-state index >= 15 is 0 Å². The summed E-state index contributed by atoms with van der Waals surface area (Å²) >= 11 is 0. The minimum atomic E-state index is -4.69. The van der Waals surface area contributed by atoms with Gasteiger partial charge in [-0.1, -0.05) is 0 Å². The van der Waals surface area contributed by atoms with Gasteiger partial charge in [-0.05, 0) is 45.0 Å². The van der Waals surface area contributed by atoms with Gasteiger partial charge in [0, 0.05) is 36.9 Å². The van der Waals surface area contributed by atoms with Crippen molar-refractivity contribution >= 4 is 5.82 Å². The lowest BCUT2D eigenvalue weighted by atomic mass is 10.1. The molecule has 2 atom stereocenters. The van der Waals surface area contributed by atoms with Crippen LogP contribution in [0, 0.1) is 6.92 Å². The molecule has 8 heteroatoms. The molecule has 25 heavy (non-hydrogen) atoms. The number of nitrogens with one attached hydrogen (secondary N) is 1. The van der Waals surface area contributed by atoms with E-state index in [-0.39, 0.29) is 5.75 Å². The third-order valence-electron chi connectivity index (χ3n) is 4.07. The normalized spacial score (nSPS) is 21.4. The summed E-state index contributed by atoms with van der Waals surface area (Å²) in [4.78, 5) is 2.22. The number of hydrogen-bond acceptors (Lipinski definition) is 4. The Morgan fingerprint density at radius 2 is 1.72 bits per heavy atom. The lowest BCUT2D eigenvalue weighted by molar-refractivity contribution is -0.274. The van der Waals surface area contributed by atoms with Gasteiger partial charge in [-0.2, -0.15) is 5.10 Å². The highest BCUT2D eigenvalue weighted by molar-refractivity contribution is 5.45. The Labute approximate surface area is 144 Å². The van der Waals surface area contributed by atoms with Crippen molar-refractivity contribution in [2.45, 2.75) is 39.2 Å². The Morgan fingerprint density at radius 1 is 1.12 bits per heavy atom. The predicted molar refractivity (Wildman–Crippen MR) is 89.3 cm³/mol. The smallest absolute Gasteiger partial charge is 0.406 e. The standard InChI is InChI=1S/C17H21F3N4O/c1-11-9-23(10-12(2)21-11)16-8-13(3)24(22-16)14-4-6-15(7-5-14)25-17(18,19)20/h4-8,11-12,21H,9-10H2,1-3H3. The van der Waals surface area contributed by atoms with Crippen molar-refractivity contribution in [1.82, 2.24) is 15.1 Å². The molecule has 0 aliphatic carbocycles. The number of hydrogen-bond donors (Lipinski definition) is 1. The molecule has 5 nitrogen and oxygen atoms in total. The van der Waals surface area contributed by atoms with E-state index in [1.54, 1.807) is 16.8 Å². The molecular formula is C17H21F3N4O. The van der Waals surface area contributed by atoms with E-state index in [4.69, 9.17) is 0 Å². The predicted octanol–water partition coefficient (Wildman–Crippen LogP) is 3.27. The van der Waals surface area contributed by atoms with E-state index in [2.05, 4.69) is 33.9 Å². The van der Waals surface area contributed by atoms with Gasteiger partial charge in [0.05, 0.1) is 5.69 Å². The molecule has 0 saturated carbocycles. The highest BCUT2D eigenvalue weighted by Crippen LogP contribution is 2.25. The molecule has 0 bridgehead atoms. The van der Waals surface area contributed by atoms with Crippen molar-refractivity contribution in [3.05, 3.63) is 36.0 Å². The van der Waals surface area contributed by atoms with Crippen molar-refractivity contribution in [2.24, 2.45) is 0 Å². The van der Waals surface area contributed by atoms with Gasteiger partial charge < -0.3 is 15.0 Å². The van der Waals surface area contributed by atoms with Crippen LogP contribution < -0.4 is 15.0 Å². The summed E-state index contributed by atoms with van der Waals surface area (Å²) in [5.74, 6) is 0.624. The van der Waals surface area contributed by atoms with Crippen LogP contribution in [-0.2, 0) is 0 Å². The summed E-state index contributed by atoms with van der Waals surface area (Å²) in [6.07, 6.45) is -4.69. The Bertz CT molecular complexity index is 716. The number of nitrogens with zero attached hydrogens (tertiary/aromatic N) is 3. The quantitative estimate of drug-likeness (QED) is 0.919. The number of ether oxygens (including phenoxy) is 1. The SMILES string of the molecule is Cc1cc(N2CC(C)NC(C)C2)nn1-c1ccc(OC(F)(F)F)cc1. The van der Waals surface area contributed by atoms with Crippen LogP contribution in [0.15, 0.2) is 30.3 Å². The van der Waals surface area contributed by atoms with Crippen LogP contribution in [0.3, 0.4) is 0 Å². The van der Waals surface area contributed by atoms with Crippen LogP contribution in [0.2, 0.25) is 0 Å². The summed E-state index contributed by atoms with van der Waals surface area (Å²) in [5, 5.41) is 8.10. The fraction of sp³-hybridized carbons (Fsp3) is 0.471. The van der Waals surface area contributed by atoms with E-state index in [1.165, 1.54) is 12.1 Å². The number of anilines is 1. The summed E-state index contributed by atoms with van der Waals surface area (Å²) in [7, 11) is 0. The van der Waals surface area contributed by atoms with Crippen molar-refractivity contribution in [3.63, 3.8) is 0 Å². The fourth-order valence-electron chi connectivity index (χ4n) is 3.18. The molecule has 3 rings (SSSR count). The first kappa shape index (κ1) is 17.6. The number of piperazine rings is 1. The first-order valence-corrected chi connectivity index (χ1v) is 8.15. The van der Waals surface area contributed by atoms with E-state index in [1.807, 2.05) is 13.0 Å². The van der Waals surface area contributed by atoms with Crippen LogP contribution in [0.1, 0.15) is 19.5 Å². The van der Waals surface area contributed by atoms with E-state index in [0.717, 1.165) is 24.6 Å². The van der Waals surface area contributed by atoms with E-state index in [9.17, 15) is 13.2 Å². The first-order chi connectivity index (χ1) is 11.7. The largest absolute Gasteiger partial charge is 0.573 e. The molecule has 1 aliphatic rings. The molecule has 2 aromatic rings. The summed E-state index contributed by atoms with van der Waals surface area (Å²) < 4.78 is 42.4. The number of halogens is 3. The zero-order valence-corrected chi connectivity index (χ0v) is 14.3. The minimum absolute atomic E-state index is 0.244. The number of aromatic nitrogens is 2. The van der Waals surface area contributed by atoms with Crippen LogP contribution >= 0.6 is 0 Å². The molecular weight excluding hydrogens is 333 g/mol. The Hall–Kier alpha value is -2.22. The van der Waals surface area contributed by atoms with Crippen LogP contribution in [0.25, 0.3) is 5.69 Å². The first-order valence-electron chi connectivity index (χ1n) is 8.15. The second kappa shape index (κ2) is 6.59. The number of aryl methyl sites for hydroxylation is 1. The summed E-state index contributed by atoms with van der Waals surface area (Å²) in [6.45, 7) is 7.90. The number of benzene rings is 1. The third-order valence-corrected chi connectivity index (χ3v) is 4.07. The van der Waals surface area contributed by atoms with Crippen molar-refractivity contribution in [3.8, 4) is 11.4 Å². The van der Waals surface area contributed by atoms with Gasteiger partial charge in [0.15, 0.2) is 5.82 Å². The molecule has 1 aromatic carbocycles. The maximum atomic E-state index is 12.3. The second-order valence-electron chi connectivity index (χ2n) is 6.47. The van der Waals surface area contributed by atoms with Gasteiger partial charge in [0.1, 0.15) is 5.75 Å². The lowest BCUT2D eigenvalue weighted by Gasteiger charge is -2.36. The third kappa shape index (κ3) is 4.25. The van der Waals surface area contributed by atoms with E-state index < -0.39 is 6.36 Å². The highest BCUT2D eigenvalue weighted by Gasteiger charge is 2.31. The average molecular weight is 354 g/mol. The zero-order chi connectivity index (χ0) is 18.2. The molecule has 0 spiro atoms. The van der Waals surface area contributed by atoms with Gasteiger partial charge in [-0.15, -0.1) is 13.2 Å². The van der Waals surface area contributed by atoms with Gasteiger partial charge in [0.2, 0.25) is 0 Å². The monoisotopic (exact) mass is 354 g/mol. The number of rotatable bonds is 3. The van der Waals surface area contributed by atoms with Gasteiger partial charge in [-0.25, -0.2) is 4.68 Å². The summed E-state index contributed by atoms with van der Waals surface area (Å²) in [6, 6.07) is 8.44. The lowest BCUT2D eigenvalue weighted by Crippen LogP contribution is -2.54. The molecule has 1 aromatic heterocycles. The Kier molecular flexibility index (Phi) is 4.64. The maximum Gasteiger partial charge on any atom is 0.573 e. The highest BCUT2D eigenvalue weighted by atomic mass is 19.4. The number of alkyl halides is 3. The van der Waals surface area contributed by atoms with E-state index in [0.29, 0.717) is 17.8 Å². The molecule has 1 N–H and O–H groups in total. The van der Waals surface area contributed by atoms with Gasteiger partial charge in [0.25, 0.3) is 0 Å². The topological polar surface area (TPSA) is 42.3 Å². The molecule has 2 heterocycles. The van der Waals surface area contributed by atoms with Crippen LogP contribution in [-0.4, -0.2) is 41.3 Å². The Balaban J connectivity index is 1.80. The maximum absolute atomic E-state index is 12.3. The zero-order valence-electron chi connectivity index (χ0n) is 14.3. The molecule has 1 fully saturated rings. The average Bonchev–Trinajstić information content (AvgIpc) is 2.87. The van der Waals surface area contributed by atoms with Crippen LogP contribution in [0.4, 0.5) is 19.0 Å². The van der Waals surface area contributed by atoms with Crippen molar-refractivity contribution < 1.29 is 17.9 Å². The van der Waals surface area contributed by atoms with Crippen molar-refractivity contribution in [2.75, 3.05) is 18.0 Å². The fourth-order valence-corrected chi connectivity index (χ4v) is 3.18. The van der Waals surface area contributed by atoms with Crippen LogP contribution in [0.5, 0.6) is 5.75 Å². The molecule has 1 aliphatic heterocycles. The second-order valence-corrected chi connectivity index (χ2v) is 6.47. The minimum Gasteiger partial charge on any atom is -0.406 e. The van der Waals surface area contributed by atoms with Gasteiger partial charge >= 0.3 is 6.36 Å². The molecule has 0 amide bonds. The molecule has 136 valence electrons. The summed E-state index contributed by atoms with van der Waals surface area (Å²) in [5.41, 5.74) is 1.60. The molecule has 2 unspecified atom stereocenters.